The molecule has 0 N–H and O–H groups in total. The van der Waals surface area contributed by atoms with Crippen LogP contribution in [0.2, 0.25) is 39.3 Å². The summed E-state index contributed by atoms with van der Waals surface area (Å²) in [5.41, 5.74) is 0. The van der Waals surface area contributed by atoms with Gasteiger partial charge in [0.05, 0.1) is 0 Å². The Bertz CT molecular complexity index is 343. The molecule has 0 aliphatic rings. The molecule has 0 aliphatic carbocycles. The van der Waals surface area contributed by atoms with Crippen molar-refractivity contribution in [3.63, 3.8) is 0 Å². The van der Waals surface area contributed by atoms with Gasteiger partial charge in [0, 0.05) is 12.8 Å². The van der Waals surface area contributed by atoms with E-state index in [1.165, 1.54) is 0 Å². The fourth-order valence-electron chi connectivity index (χ4n) is 1.92. The lowest BCUT2D eigenvalue weighted by Gasteiger charge is -2.19. The third kappa shape index (κ3) is 14.1. The van der Waals surface area contributed by atoms with Crippen molar-refractivity contribution in [3.05, 3.63) is 0 Å². The van der Waals surface area contributed by atoms with Gasteiger partial charge < -0.3 is 8.85 Å². The molecule has 0 heterocycles. The second-order valence-electron chi connectivity index (χ2n) is 7.73. The fourth-order valence-corrected chi connectivity index (χ4v) is 3.48. The predicted octanol–water partition coefficient (Wildman–Crippen LogP) is 4.33. The van der Waals surface area contributed by atoms with E-state index in [-0.39, 0.29) is 11.9 Å². The Balaban J connectivity index is 3.78. The van der Waals surface area contributed by atoms with Crippen LogP contribution in [0.15, 0.2) is 0 Å². The van der Waals surface area contributed by atoms with Gasteiger partial charge in [-0.15, -0.1) is 0 Å². The van der Waals surface area contributed by atoms with Crippen LogP contribution in [0.5, 0.6) is 0 Å². The maximum atomic E-state index is 11.7. The Morgan fingerprint density at radius 2 is 1.33 bits per heavy atom. The molecule has 0 aromatic heterocycles. The largest absolute Gasteiger partial charge is 0.520 e. The molecule has 1 atom stereocenters. The van der Waals surface area contributed by atoms with E-state index in [1.54, 1.807) is 0 Å². The van der Waals surface area contributed by atoms with Crippen LogP contribution in [0.3, 0.4) is 0 Å². The minimum absolute atomic E-state index is 0.0834. The van der Waals surface area contributed by atoms with Gasteiger partial charge in [0.25, 0.3) is 11.9 Å². The third-order valence-electron chi connectivity index (χ3n) is 2.68. The van der Waals surface area contributed by atoms with E-state index in [1.807, 2.05) is 39.3 Å². The normalized spacial score (nSPS) is 13.7. The summed E-state index contributed by atoms with van der Waals surface area (Å²) < 4.78 is 10.8. The molecule has 124 valence electrons. The molecule has 0 fully saturated rings. The molecule has 6 heteroatoms. The SMILES string of the molecule is CC(CCCCC(=O)O[Si](C)(C)C)CC(=O)O[Si](C)(C)C. The number of carbonyl (C=O) groups is 2. The van der Waals surface area contributed by atoms with Gasteiger partial charge in [0.15, 0.2) is 0 Å². The summed E-state index contributed by atoms with van der Waals surface area (Å²) in [4.78, 5) is 23.3. The van der Waals surface area contributed by atoms with E-state index < -0.39 is 16.6 Å². The molecular formula is C15H32O4Si2. The van der Waals surface area contributed by atoms with Gasteiger partial charge in [-0.25, -0.2) is 0 Å². The van der Waals surface area contributed by atoms with Crippen LogP contribution >= 0.6 is 0 Å². The molecule has 1 unspecified atom stereocenters. The molecule has 21 heavy (non-hydrogen) atoms. The molecule has 0 saturated heterocycles. The number of rotatable bonds is 9. The first-order valence-electron chi connectivity index (χ1n) is 7.83. The second kappa shape index (κ2) is 8.73. The van der Waals surface area contributed by atoms with Crippen molar-refractivity contribution in [2.45, 2.75) is 78.3 Å². The first-order chi connectivity index (χ1) is 9.39. The average molecular weight is 333 g/mol. The van der Waals surface area contributed by atoms with Crippen molar-refractivity contribution in [1.29, 1.82) is 0 Å². The highest BCUT2D eigenvalue weighted by Crippen LogP contribution is 2.16. The molecule has 4 nitrogen and oxygen atoms in total. The minimum atomic E-state index is -1.77. The lowest BCUT2D eigenvalue weighted by Crippen LogP contribution is -2.29. The number of hydrogen-bond acceptors (Lipinski definition) is 4. The predicted molar refractivity (Wildman–Crippen MR) is 91.1 cm³/mol. The van der Waals surface area contributed by atoms with E-state index in [0.717, 1.165) is 19.3 Å². The van der Waals surface area contributed by atoms with Gasteiger partial charge in [-0.3, -0.25) is 9.59 Å². The first kappa shape index (κ1) is 20.4. The summed E-state index contributed by atoms with van der Waals surface area (Å²) in [7, 11) is -3.52. The maximum Gasteiger partial charge on any atom is 0.292 e. The van der Waals surface area contributed by atoms with Crippen LogP contribution in [0.25, 0.3) is 0 Å². The highest BCUT2D eigenvalue weighted by molar-refractivity contribution is 6.71. The third-order valence-corrected chi connectivity index (χ3v) is 4.36. The van der Waals surface area contributed by atoms with Crippen molar-refractivity contribution < 1.29 is 18.4 Å². The van der Waals surface area contributed by atoms with E-state index in [2.05, 4.69) is 6.92 Å². The molecule has 0 aromatic rings. The van der Waals surface area contributed by atoms with E-state index in [4.69, 9.17) is 8.85 Å². The molecule has 0 rings (SSSR count). The zero-order chi connectivity index (χ0) is 16.7. The van der Waals surface area contributed by atoms with Crippen LogP contribution in [0.1, 0.15) is 39.0 Å². The number of carbonyl (C=O) groups excluding carboxylic acids is 2. The standard InChI is InChI=1S/C15H32O4Si2/c1-13(12-15(17)19-21(5,6)7)10-8-9-11-14(16)18-20(2,3)4/h13H,8-12H2,1-7H3. The molecule has 0 bridgehead atoms. The van der Waals surface area contributed by atoms with E-state index in [0.29, 0.717) is 18.8 Å². The number of unbranched alkanes of at least 4 members (excludes halogenated alkanes) is 1. The van der Waals surface area contributed by atoms with Crippen molar-refractivity contribution in [3.8, 4) is 0 Å². The molecule has 0 spiro atoms. The van der Waals surface area contributed by atoms with Gasteiger partial charge in [0.1, 0.15) is 0 Å². The Labute approximate surface area is 131 Å². The zero-order valence-electron chi connectivity index (χ0n) is 14.7. The summed E-state index contributed by atoms with van der Waals surface area (Å²) in [6, 6.07) is 0. The van der Waals surface area contributed by atoms with Crippen LogP contribution in [-0.2, 0) is 18.4 Å². The van der Waals surface area contributed by atoms with E-state index in [9.17, 15) is 9.59 Å². The van der Waals surface area contributed by atoms with Gasteiger partial charge in [-0.2, -0.15) is 0 Å². The highest BCUT2D eigenvalue weighted by atomic mass is 28.4. The first-order valence-corrected chi connectivity index (χ1v) is 14.6. The zero-order valence-corrected chi connectivity index (χ0v) is 16.7. The Kier molecular flexibility index (Phi) is 8.47. The van der Waals surface area contributed by atoms with Crippen molar-refractivity contribution >= 4 is 28.6 Å². The van der Waals surface area contributed by atoms with Gasteiger partial charge in [-0.05, 0) is 51.6 Å². The monoisotopic (exact) mass is 332 g/mol. The van der Waals surface area contributed by atoms with E-state index >= 15 is 0 Å². The molecule has 0 saturated carbocycles. The Morgan fingerprint density at radius 1 is 0.857 bits per heavy atom. The molecule has 0 aliphatic heterocycles. The number of hydrogen-bond donors (Lipinski definition) is 0. The van der Waals surface area contributed by atoms with Crippen LogP contribution in [0.4, 0.5) is 0 Å². The quantitative estimate of drug-likeness (QED) is 0.466. The van der Waals surface area contributed by atoms with Gasteiger partial charge in [0.2, 0.25) is 16.6 Å². The highest BCUT2D eigenvalue weighted by Gasteiger charge is 2.21. The molecule has 0 amide bonds. The van der Waals surface area contributed by atoms with Gasteiger partial charge >= 0.3 is 0 Å². The summed E-state index contributed by atoms with van der Waals surface area (Å²) in [5, 5.41) is 0. The molecule has 0 aromatic carbocycles. The lowest BCUT2D eigenvalue weighted by atomic mass is 10.00. The topological polar surface area (TPSA) is 52.6 Å². The second-order valence-corrected chi connectivity index (χ2v) is 16.6. The summed E-state index contributed by atoms with van der Waals surface area (Å²) in [6.45, 7) is 14.1. The van der Waals surface area contributed by atoms with Crippen LogP contribution in [0, 0.1) is 5.92 Å². The molecule has 0 radical (unpaired) electrons. The Morgan fingerprint density at radius 3 is 1.81 bits per heavy atom. The van der Waals surface area contributed by atoms with Crippen molar-refractivity contribution in [1.82, 2.24) is 0 Å². The Hall–Kier alpha value is -0.626. The molecular weight excluding hydrogens is 300 g/mol. The summed E-state index contributed by atoms with van der Waals surface area (Å²) >= 11 is 0. The van der Waals surface area contributed by atoms with Crippen LogP contribution < -0.4 is 0 Å². The minimum Gasteiger partial charge on any atom is -0.520 e. The lowest BCUT2D eigenvalue weighted by molar-refractivity contribution is -0.137. The van der Waals surface area contributed by atoms with Crippen LogP contribution in [-0.4, -0.2) is 28.6 Å². The van der Waals surface area contributed by atoms with Gasteiger partial charge in [-0.1, -0.05) is 19.8 Å². The summed E-state index contributed by atoms with van der Waals surface area (Å²) in [6.07, 6.45) is 3.68. The summed E-state index contributed by atoms with van der Waals surface area (Å²) in [5.74, 6) is 0.140. The fraction of sp³-hybridized carbons (Fsp3) is 0.867. The van der Waals surface area contributed by atoms with Crippen molar-refractivity contribution in [2.24, 2.45) is 5.92 Å². The smallest absolute Gasteiger partial charge is 0.292 e. The van der Waals surface area contributed by atoms with Crippen molar-refractivity contribution in [2.75, 3.05) is 0 Å². The average Bonchev–Trinajstić information content (AvgIpc) is 2.18. The maximum absolute atomic E-state index is 11.7.